The van der Waals surface area contributed by atoms with Gasteiger partial charge in [-0.3, -0.25) is 10.4 Å². The van der Waals surface area contributed by atoms with Crippen LogP contribution in [0.2, 0.25) is 0 Å². The summed E-state index contributed by atoms with van der Waals surface area (Å²) in [5.74, 6) is 6.24. The molecule has 0 radical (unpaired) electrons. The van der Waals surface area contributed by atoms with Gasteiger partial charge in [0.2, 0.25) is 5.96 Å². The highest BCUT2D eigenvalue weighted by Crippen LogP contribution is 2.17. The Morgan fingerprint density at radius 1 is 1.33 bits per heavy atom. The molecule has 5 heteroatoms. The molecule has 0 saturated heterocycles. The Kier molecular flexibility index (Phi) is 7.05. The van der Waals surface area contributed by atoms with Crippen molar-refractivity contribution in [2.24, 2.45) is 10.8 Å². The highest BCUT2D eigenvalue weighted by molar-refractivity contribution is 5.79. The Hall–Kier alpha value is -0.810. The molecule has 1 aliphatic rings. The third kappa shape index (κ3) is 5.69. The highest BCUT2D eigenvalue weighted by Gasteiger charge is 2.14. The van der Waals surface area contributed by atoms with E-state index >= 15 is 0 Å². The van der Waals surface area contributed by atoms with Crippen LogP contribution >= 0.6 is 0 Å². The highest BCUT2D eigenvalue weighted by atomic mass is 15.3. The first-order chi connectivity index (χ1) is 8.63. The summed E-state index contributed by atoms with van der Waals surface area (Å²) < 4.78 is 0. The lowest BCUT2D eigenvalue weighted by Gasteiger charge is -2.24. The zero-order valence-electron chi connectivity index (χ0n) is 12.1. The van der Waals surface area contributed by atoms with Crippen molar-refractivity contribution in [3.63, 3.8) is 0 Å². The summed E-state index contributed by atoms with van der Waals surface area (Å²) in [4.78, 5) is 6.76. The van der Waals surface area contributed by atoms with Crippen LogP contribution in [-0.2, 0) is 0 Å². The lowest BCUT2D eigenvalue weighted by atomic mass is 9.96. The standard InChI is InChI=1S/C13H29N5/c1-11(2)18(3)10-9-15-13(17-14)16-12-7-5-4-6-8-12/h11-12H,4-10,14H2,1-3H3,(H2,15,16,17). The Balaban J connectivity index is 2.30. The van der Waals surface area contributed by atoms with Crippen LogP contribution in [0.25, 0.3) is 0 Å². The van der Waals surface area contributed by atoms with Gasteiger partial charge >= 0.3 is 0 Å². The summed E-state index contributed by atoms with van der Waals surface area (Å²) >= 11 is 0. The molecule has 0 atom stereocenters. The van der Waals surface area contributed by atoms with Crippen LogP contribution in [0.3, 0.4) is 0 Å². The third-order valence-corrected chi connectivity index (χ3v) is 3.69. The topological polar surface area (TPSA) is 65.7 Å². The van der Waals surface area contributed by atoms with Crippen molar-refractivity contribution in [2.75, 3.05) is 20.1 Å². The minimum Gasteiger partial charge on any atom is -0.353 e. The summed E-state index contributed by atoms with van der Waals surface area (Å²) in [6.45, 7) is 6.10. The minimum absolute atomic E-state index is 0.538. The number of aliphatic imine (C=N–C) groups is 1. The SMILES string of the molecule is CC(C)N(C)CCN=C(NN)NC1CCCCC1. The van der Waals surface area contributed by atoms with E-state index in [1.165, 1.54) is 32.1 Å². The maximum absolute atomic E-state index is 5.51. The summed E-state index contributed by atoms with van der Waals surface area (Å²) in [5.41, 5.74) is 2.67. The van der Waals surface area contributed by atoms with Crippen LogP contribution in [-0.4, -0.2) is 43.1 Å². The molecule has 0 spiro atoms. The molecule has 0 bridgehead atoms. The molecule has 1 aliphatic carbocycles. The molecule has 5 nitrogen and oxygen atoms in total. The van der Waals surface area contributed by atoms with Gasteiger partial charge in [0, 0.05) is 18.6 Å². The summed E-state index contributed by atoms with van der Waals surface area (Å²) in [7, 11) is 2.12. The molecule has 1 saturated carbocycles. The van der Waals surface area contributed by atoms with Crippen LogP contribution in [0.5, 0.6) is 0 Å². The quantitative estimate of drug-likeness (QED) is 0.297. The van der Waals surface area contributed by atoms with E-state index < -0.39 is 0 Å². The maximum Gasteiger partial charge on any atom is 0.205 e. The second-order valence-corrected chi connectivity index (χ2v) is 5.43. The first-order valence-corrected chi connectivity index (χ1v) is 7.11. The van der Waals surface area contributed by atoms with E-state index in [1.807, 2.05) is 0 Å². The number of rotatable bonds is 5. The molecule has 0 unspecified atom stereocenters. The predicted molar refractivity (Wildman–Crippen MR) is 77.4 cm³/mol. The Bertz CT molecular complexity index is 246. The largest absolute Gasteiger partial charge is 0.353 e. The van der Waals surface area contributed by atoms with Gasteiger partial charge in [-0.2, -0.15) is 0 Å². The summed E-state index contributed by atoms with van der Waals surface area (Å²) in [5, 5.41) is 3.40. The fraction of sp³-hybridized carbons (Fsp3) is 0.923. The fourth-order valence-electron chi connectivity index (χ4n) is 2.15. The van der Waals surface area contributed by atoms with Crippen molar-refractivity contribution in [1.29, 1.82) is 0 Å². The fourth-order valence-corrected chi connectivity index (χ4v) is 2.15. The van der Waals surface area contributed by atoms with E-state index in [0.717, 1.165) is 19.0 Å². The van der Waals surface area contributed by atoms with Crippen molar-refractivity contribution in [2.45, 2.75) is 58.0 Å². The number of nitrogens with zero attached hydrogens (tertiary/aromatic N) is 2. The van der Waals surface area contributed by atoms with Gasteiger partial charge in [0.1, 0.15) is 0 Å². The summed E-state index contributed by atoms with van der Waals surface area (Å²) in [6, 6.07) is 1.09. The van der Waals surface area contributed by atoms with Gasteiger partial charge in [0.15, 0.2) is 0 Å². The molecule has 1 fully saturated rings. The average Bonchev–Trinajstić information content (AvgIpc) is 2.38. The van der Waals surface area contributed by atoms with Gasteiger partial charge in [0.05, 0.1) is 6.54 Å². The van der Waals surface area contributed by atoms with Crippen molar-refractivity contribution < 1.29 is 0 Å². The smallest absolute Gasteiger partial charge is 0.205 e. The van der Waals surface area contributed by atoms with Gasteiger partial charge in [-0.15, -0.1) is 0 Å². The Morgan fingerprint density at radius 3 is 2.56 bits per heavy atom. The predicted octanol–water partition coefficient (Wildman–Crippen LogP) is 1.07. The molecule has 0 aliphatic heterocycles. The lowest BCUT2D eigenvalue weighted by molar-refractivity contribution is 0.282. The zero-order valence-corrected chi connectivity index (χ0v) is 12.1. The van der Waals surface area contributed by atoms with Crippen molar-refractivity contribution in [1.82, 2.24) is 15.6 Å². The normalized spacial score (nSPS) is 18.4. The molecular weight excluding hydrogens is 226 g/mol. The number of nitrogens with one attached hydrogen (secondary N) is 2. The van der Waals surface area contributed by atoms with E-state index in [9.17, 15) is 0 Å². The number of hydrazine groups is 1. The molecule has 0 aromatic heterocycles. The van der Waals surface area contributed by atoms with Crippen LogP contribution in [0.4, 0.5) is 0 Å². The van der Waals surface area contributed by atoms with E-state index in [0.29, 0.717) is 12.1 Å². The van der Waals surface area contributed by atoms with Gasteiger partial charge < -0.3 is 10.2 Å². The first kappa shape index (κ1) is 15.2. The number of hydrogen-bond donors (Lipinski definition) is 3. The van der Waals surface area contributed by atoms with Gasteiger partial charge in [-0.05, 0) is 33.7 Å². The van der Waals surface area contributed by atoms with Crippen molar-refractivity contribution >= 4 is 5.96 Å². The lowest BCUT2D eigenvalue weighted by Crippen LogP contribution is -2.47. The molecule has 1 rings (SSSR count). The first-order valence-electron chi connectivity index (χ1n) is 7.11. The van der Waals surface area contributed by atoms with Crippen LogP contribution in [0.1, 0.15) is 46.0 Å². The Labute approximate surface area is 111 Å². The second-order valence-electron chi connectivity index (χ2n) is 5.43. The molecule has 0 aromatic carbocycles. The van der Waals surface area contributed by atoms with Gasteiger partial charge in [-0.1, -0.05) is 19.3 Å². The summed E-state index contributed by atoms with van der Waals surface area (Å²) in [6.07, 6.45) is 6.44. The minimum atomic E-state index is 0.538. The molecule has 0 aromatic rings. The molecular formula is C13H29N5. The number of hydrogen-bond acceptors (Lipinski definition) is 3. The van der Waals surface area contributed by atoms with E-state index in [-0.39, 0.29) is 0 Å². The van der Waals surface area contributed by atoms with E-state index in [2.05, 4.69) is 41.5 Å². The van der Waals surface area contributed by atoms with Gasteiger partial charge in [-0.25, -0.2) is 5.84 Å². The average molecular weight is 255 g/mol. The second kappa shape index (κ2) is 8.32. The number of likely N-dealkylation sites (N-methyl/N-ethyl adjacent to an activating group) is 1. The Morgan fingerprint density at radius 2 is 2.00 bits per heavy atom. The van der Waals surface area contributed by atoms with Crippen molar-refractivity contribution in [3.05, 3.63) is 0 Å². The molecule has 106 valence electrons. The third-order valence-electron chi connectivity index (χ3n) is 3.69. The molecule has 0 heterocycles. The van der Waals surface area contributed by atoms with Crippen molar-refractivity contribution in [3.8, 4) is 0 Å². The molecule has 18 heavy (non-hydrogen) atoms. The van der Waals surface area contributed by atoms with E-state index in [4.69, 9.17) is 5.84 Å². The van der Waals surface area contributed by atoms with E-state index in [1.54, 1.807) is 0 Å². The number of guanidine groups is 1. The number of nitrogens with two attached hydrogens (primary N) is 1. The van der Waals surface area contributed by atoms with Crippen LogP contribution in [0, 0.1) is 0 Å². The maximum atomic E-state index is 5.51. The van der Waals surface area contributed by atoms with Crippen LogP contribution < -0.4 is 16.6 Å². The molecule has 4 N–H and O–H groups in total. The molecule has 0 amide bonds. The zero-order chi connectivity index (χ0) is 13.4. The monoisotopic (exact) mass is 255 g/mol. The van der Waals surface area contributed by atoms with Gasteiger partial charge in [0.25, 0.3) is 0 Å². The van der Waals surface area contributed by atoms with Crippen LogP contribution in [0.15, 0.2) is 4.99 Å².